The Hall–Kier alpha value is -4.04. The molecule has 2 N–H and O–H groups in total. The van der Waals surface area contributed by atoms with Crippen LogP contribution in [0.2, 0.25) is 0 Å². The van der Waals surface area contributed by atoms with Gasteiger partial charge in [0.1, 0.15) is 5.82 Å². The van der Waals surface area contributed by atoms with E-state index in [1.165, 1.54) is 6.07 Å². The number of carbonyl (C=O) groups excluding carboxylic acids is 1. The van der Waals surface area contributed by atoms with Crippen LogP contribution in [-0.4, -0.2) is 32.0 Å². The fraction of sp³-hybridized carbons (Fsp3) is 0.179. The largest absolute Gasteiger partial charge is 0.352 e. The predicted octanol–water partition coefficient (Wildman–Crippen LogP) is 5.32. The summed E-state index contributed by atoms with van der Waals surface area (Å²) >= 11 is 5.73. The number of halogens is 1. The van der Waals surface area contributed by atoms with Gasteiger partial charge in [-0.3, -0.25) is 9.78 Å². The summed E-state index contributed by atoms with van der Waals surface area (Å²) in [5.74, 6) is -0.418. The number of nitrogens with zero attached hydrogens (tertiary/aromatic N) is 3. The molecule has 0 saturated carbocycles. The fourth-order valence-corrected chi connectivity index (χ4v) is 4.95. The molecule has 0 bridgehead atoms. The lowest BCUT2D eigenvalue weighted by atomic mass is 10.0. The third kappa shape index (κ3) is 4.72. The highest BCUT2D eigenvalue weighted by molar-refractivity contribution is 7.80. The van der Waals surface area contributed by atoms with Crippen molar-refractivity contribution in [2.75, 3.05) is 11.9 Å². The van der Waals surface area contributed by atoms with Crippen LogP contribution in [0.3, 0.4) is 0 Å². The lowest BCUT2D eigenvalue weighted by Crippen LogP contribution is -2.33. The van der Waals surface area contributed by atoms with Gasteiger partial charge in [-0.05, 0) is 67.2 Å². The van der Waals surface area contributed by atoms with Crippen molar-refractivity contribution in [1.82, 2.24) is 19.8 Å². The number of thiocarbonyl (C=S) groups is 1. The molecule has 5 rings (SSSR count). The van der Waals surface area contributed by atoms with Crippen LogP contribution in [0.5, 0.6) is 0 Å². The van der Waals surface area contributed by atoms with Crippen LogP contribution in [0.1, 0.15) is 35.5 Å². The van der Waals surface area contributed by atoms with Gasteiger partial charge in [-0.1, -0.05) is 36.4 Å². The highest BCUT2D eigenvalue weighted by Gasteiger charge is 2.41. The van der Waals surface area contributed by atoms with Crippen LogP contribution >= 0.6 is 12.2 Å². The second kappa shape index (κ2) is 10.3. The van der Waals surface area contributed by atoms with E-state index >= 15 is 0 Å². The van der Waals surface area contributed by atoms with E-state index in [-0.39, 0.29) is 30.2 Å². The van der Waals surface area contributed by atoms with Gasteiger partial charge in [-0.15, -0.1) is 0 Å². The van der Waals surface area contributed by atoms with Crippen molar-refractivity contribution in [2.45, 2.75) is 25.4 Å². The van der Waals surface area contributed by atoms with E-state index < -0.39 is 0 Å². The number of anilines is 1. The summed E-state index contributed by atoms with van der Waals surface area (Å²) in [7, 11) is 0. The zero-order chi connectivity index (χ0) is 25.1. The van der Waals surface area contributed by atoms with Crippen LogP contribution < -0.4 is 10.6 Å². The van der Waals surface area contributed by atoms with Crippen molar-refractivity contribution < 1.29 is 9.18 Å². The van der Waals surface area contributed by atoms with Crippen LogP contribution in [-0.2, 0) is 4.79 Å². The van der Waals surface area contributed by atoms with Gasteiger partial charge in [-0.25, -0.2) is 4.39 Å². The summed E-state index contributed by atoms with van der Waals surface area (Å²) < 4.78 is 16.6. The first-order chi connectivity index (χ1) is 17.5. The van der Waals surface area contributed by atoms with Gasteiger partial charge in [0.05, 0.1) is 23.5 Å². The molecule has 2 atom stereocenters. The predicted molar refractivity (Wildman–Crippen MR) is 142 cm³/mol. The molecule has 2 aromatic carbocycles. The van der Waals surface area contributed by atoms with Gasteiger partial charge < -0.3 is 20.1 Å². The number of aromatic nitrogens is 2. The van der Waals surface area contributed by atoms with Crippen LogP contribution in [0.25, 0.3) is 5.69 Å². The molecule has 6 nitrogen and oxygen atoms in total. The lowest BCUT2D eigenvalue weighted by Gasteiger charge is -2.29. The van der Waals surface area contributed by atoms with Gasteiger partial charge in [0.15, 0.2) is 5.11 Å². The zero-order valence-corrected chi connectivity index (χ0v) is 20.6. The Balaban J connectivity index is 1.46. The number of nitrogens with one attached hydrogen (secondary N) is 2. The Morgan fingerprint density at radius 3 is 2.61 bits per heavy atom. The minimum atomic E-state index is -0.318. The summed E-state index contributed by atoms with van der Waals surface area (Å²) in [5, 5.41) is 6.91. The van der Waals surface area contributed by atoms with E-state index in [0.29, 0.717) is 17.3 Å². The number of rotatable bonds is 7. The molecule has 8 heteroatoms. The maximum atomic E-state index is 14.8. The third-order valence-corrected chi connectivity index (χ3v) is 6.74. The average Bonchev–Trinajstić information content (AvgIpc) is 3.49. The Morgan fingerprint density at radius 2 is 1.83 bits per heavy atom. The molecule has 1 aliphatic rings. The first-order valence-electron chi connectivity index (χ1n) is 11.8. The van der Waals surface area contributed by atoms with E-state index in [1.807, 2.05) is 83.3 Å². The van der Waals surface area contributed by atoms with Crippen molar-refractivity contribution in [3.8, 4) is 5.69 Å². The van der Waals surface area contributed by atoms with Gasteiger partial charge >= 0.3 is 0 Å². The number of benzene rings is 2. The van der Waals surface area contributed by atoms with Gasteiger partial charge in [0, 0.05) is 36.7 Å². The molecule has 1 amide bonds. The average molecular weight is 500 g/mol. The molecule has 0 unspecified atom stereocenters. The summed E-state index contributed by atoms with van der Waals surface area (Å²) in [5.41, 5.74) is 3.91. The summed E-state index contributed by atoms with van der Waals surface area (Å²) in [4.78, 5) is 19.4. The van der Waals surface area contributed by atoms with Crippen molar-refractivity contribution in [3.05, 3.63) is 114 Å². The zero-order valence-electron chi connectivity index (χ0n) is 19.8. The Labute approximate surface area is 214 Å². The minimum absolute atomic E-state index is 0.100. The normalized spacial score (nSPS) is 17.2. The number of hydrogen-bond acceptors (Lipinski definition) is 3. The van der Waals surface area contributed by atoms with Crippen LogP contribution in [0, 0.1) is 12.7 Å². The van der Waals surface area contributed by atoms with E-state index in [0.717, 1.165) is 22.6 Å². The first-order valence-corrected chi connectivity index (χ1v) is 12.2. The standard InChI is InChI=1S/C28H26FN5OS/c1-19-9-2-4-11-21(19)31-25(35)15-18-34-27(26(32-28(34)36)22-12-6-7-16-30-22)24-14-8-17-33(24)23-13-5-3-10-20(23)29/h2-14,16-17,26-27H,15,18H2,1H3,(H,31,35)(H,32,36)/t26-,27+/m1/s1. The van der Waals surface area contributed by atoms with Crippen molar-refractivity contribution in [1.29, 1.82) is 0 Å². The molecule has 36 heavy (non-hydrogen) atoms. The van der Waals surface area contributed by atoms with Crippen molar-refractivity contribution in [3.63, 3.8) is 0 Å². The molecule has 1 aliphatic heterocycles. The summed E-state index contributed by atoms with van der Waals surface area (Å²) in [6.45, 7) is 2.35. The highest BCUT2D eigenvalue weighted by Crippen LogP contribution is 2.39. The minimum Gasteiger partial charge on any atom is -0.352 e. The maximum Gasteiger partial charge on any atom is 0.226 e. The third-order valence-electron chi connectivity index (χ3n) is 6.39. The number of pyridine rings is 1. The van der Waals surface area contributed by atoms with E-state index in [1.54, 1.807) is 18.3 Å². The molecule has 2 aromatic heterocycles. The molecule has 1 saturated heterocycles. The highest BCUT2D eigenvalue weighted by atomic mass is 32.1. The quantitative estimate of drug-likeness (QED) is 0.337. The summed E-state index contributed by atoms with van der Waals surface area (Å²) in [6, 6.07) is 23.4. The molecule has 3 heterocycles. The molecule has 182 valence electrons. The Bertz CT molecular complexity index is 1390. The van der Waals surface area contributed by atoms with Gasteiger partial charge in [0.2, 0.25) is 5.91 Å². The molecule has 1 fully saturated rings. The van der Waals surface area contributed by atoms with Crippen LogP contribution in [0.4, 0.5) is 10.1 Å². The van der Waals surface area contributed by atoms with Crippen molar-refractivity contribution in [2.24, 2.45) is 0 Å². The first kappa shape index (κ1) is 23.7. The second-order valence-electron chi connectivity index (χ2n) is 8.69. The monoisotopic (exact) mass is 499 g/mol. The summed E-state index contributed by atoms with van der Waals surface area (Å²) in [6.07, 6.45) is 3.82. The van der Waals surface area contributed by atoms with Crippen LogP contribution in [0.15, 0.2) is 91.3 Å². The molecule has 0 spiro atoms. The fourth-order valence-electron chi connectivity index (χ4n) is 4.62. The molecule has 4 aromatic rings. The second-order valence-corrected chi connectivity index (χ2v) is 9.07. The Kier molecular flexibility index (Phi) is 6.77. The maximum absolute atomic E-state index is 14.8. The number of para-hydroxylation sites is 2. The topological polar surface area (TPSA) is 62.2 Å². The van der Waals surface area contributed by atoms with Gasteiger partial charge in [-0.2, -0.15) is 0 Å². The number of aryl methyl sites for hydroxylation is 1. The van der Waals surface area contributed by atoms with E-state index in [2.05, 4.69) is 15.6 Å². The number of amides is 1. The van der Waals surface area contributed by atoms with Gasteiger partial charge in [0.25, 0.3) is 0 Å². The number of carbonyl (C=O) groups is 1. The number of hydrogen-bond donors (Lipinski definition) is 2. The SMILES string of the molecule is Cc1ccccc1NC(=O)CCN1C(=S)N[C@H](c2ccccn2)[C@@H]1c1cccn1-c1ccccc1F. The van der Waals surface area contributed by atoms with E-state index in [4.69, 9.17) is 12.2 Å². The smallest absolute Gasteiger partial charge is 0.226 e. The molecular formula is C28H26FN5OS. The molecule has 0 aliphatic carbocycles. The molecule has 0 radical (unpaired) electrons. The lowest BCUT2D eigenvalue weighted by molar-refractivity contribution is -0.116. The Morgan fingerprint density at radius 1 is 1.06 bits per heavy atom. The van der Waals surface area contributed by atoms with Crippen molar-refractivity contribution >= 4 is 28.9 Å². The van der Waals surface area contributed by atoms with E-state index in [9.17, 15) is 9.18 Å². The molecular weight excluding hydrogens is 473 g/mol.